The second kappa shape index (κ2) is 11.0. The SMILES string of the molecule is COc1ccc(-c2nnc(N(C(=O)CCCCC[NH3+])C(=O)[C@@H]([NH3+])C(C)C)s2)cc1. The zero-order valence-electron chi connectivity index (χ0n) is 17.4. The average Bonchev–Trinajstić information content (AvgIpc) is 3.20. The summed E-state index contributed by atoms with van der Waals surface area (Å²) in [5, 5.41) is 9.27. The van der Waals surface area contributed by atoms with Gasteiger partial charge in [0.2, 0.25) is 11.0 Å². The Morgan fingerprint density at radius 1 is 1.14 bits per heavy atom. The number of anilines is 1. The van der Waals surface area contributed by atoms with Gasteiger partial charge >= 0.3 is 0 Å². The minimum Gasteiger partial charge on any atom is -0.497 e. The van der Waals surface area contributed by atoms with Gasteiger partial charge < -0.3 is 16.2 Å². The first-order chi connectivity index (χ1) is 13.9. The van der Waals surface area contributed by atoms with Gasteiger partial charge in [0.05, 0.1) is 13.7 Å². The fourth-order valence-electron chi connectivity index (χ4n) is 2.67. The van der Waals surface area contributed by atoms with Crippen LogP contribution in [-0.4, -0.2) is 41.7 Å². The summed E-state index contributed by atoms with van der Waals surface area (Å²) in [6.07, 6.45) is 2.87. The molecule has 2 aromatic rings. The number of nitrogens with zero attached hydrogens (tertiary/aromatic N) is 3. The van der Waals surface area contributed by atoms with Crippen LogP contribution in [0.1, 0.15) is 39.5 Å². The molecule has 0 unspecified atom stereocenters. The van der Waals surface area contributed by atoms with E-state index in [0.717, 1.165) is 30.7 Å². The number of methoxy groups -OCH3 is 1. The van der Waals surface area contributed by atoms with E-state index in [2.05, 4.69) is 21.7 Å². The van der Waals surface area contributed by atoms with Gasteiger partial charge in [-0.25, -0.2) is 4.90 Å². The van der Waals surface area contributed by atoms with Crippen molar-refractivity contribution < 1.29 is 25.8 Å². The van der Waals surface area contributed by atoms with Gasteiger partial charge in [0, 0.05) is 17.9 Å². The molecule has 29 heavy (non-hydrogen) atoms. The smallest absolute Gasteiger partial charge is 0.294 e. The molecule has 0 fully saturated rings. The van der Waals surface area contributed by atoms with Crippen molar-refractivity contribution in [2.45, 2.75) is 45.6 Å². The molecule has 1 heterocycles. The number of hydrogen-bond donors (Lipinski definition) is 2. The van der Waals surface area contributed by atoms with Crippen molar-refractivity contribution in [3.63, 3.8) is 0 Å². The number of quaternary nitrogens is 2. The Bertz CT molecular complexity index is 807. The lowest BCUT2D eigenvalue weighted by Crippen LogP contribution is -2.70. The highest BCUT2D eigenvalue weighted by Crippen LogP contribution is 2.30. The highest BCUT2D eigenvalue weighted by molar-refractivity contribution is 7.18. The molecule has 0 aliphatic carbocycles. The van der Waals surface area contributed by atoms with Crippen molar-refractivity contribution in [1.82, 2.24) is 10.2 Å². The third-order valence-corrected chi connectivity index (χ3v) is 5.63. The maximum atomic E-state index is 13.0. The predicted molar refractivity (Wildman–Crippen MR) is 112 cm³/mol. The lowest BCUT2D eigenvalue weighted by molar-refractivity contribution is -0.413. The maximum absolute atomic E-state index is 13.0. The number of benzene rings is 1. The molecule has 2 rings (SSSR count). The summed E-state index contributed by atoms with van der Waals surface area (Å²) < 4.78 is 5.17. The van der Waals surface area contributed by atoms with Crippen molar-refractivity contribution >= 4 is 28.3 Å². The summed E-state index contributed by atoms with van der Waals surface area (Å²) in [6.45, 7) is 4.66. The van der Waals surface area contributed by atoms with Crippen LogP contribution in [-0.2, 0) is 9.59 Å². The minimum absolute atomic E-state index is 0.0120. The van der Waals surface area contributed by atoms with Crippen LogP contribution in [0.25, 0.3) is 10.6 Å². The second-order valence-electron chi connectivity index (χ2n) is 7.20. The average molecular weight is 422 g/mol. The van der Waals surface area contributed by atoms with Gasteiger partial charge in [-0.05, 0) is 43.5 Å². The highest BCUT2D eigenvalue weighted by Gasteiger charge is 2.34. The van der Waals surface area contributed by atoms with Crippen LogP contribution in [0.15, 0.2) is 24.3 Å². The van der Waals surface area contributed by atoms with Crippen molar-refractivity contribution in [2.75, 3.05) is 18.6 Å². The molecule has 0 saturated heterocycles. The fourth-order valence-corrected chi connectivity index (χ4v) is 3.55. The van der Waals surface area contributed by atoms with Crippen LogP contribution in [0.4, 0.5) is 5.13 Å². The normalized spacial score (nSPS) is 12.1. The molecule has 0 aliphatic heterocycles. The van der Waals surface area contributed by atoms with E-state index in [0.29, 0.717) is 11.4 Å². The molecule has 1 aromatic heterocycles. The molecule has 0 aliphatic rings. The summed E-state index contributed by atoms with van der Waals surface area (Å²) >= 11 is 1.22. The summed E-state index contributed by atoms with van der Waals surface area (Å²) in [4.78, 5) is 27.1. The fraction of sp³-hybridized carbons (Fsp3) is 0.500. The molecule has 6 N–H and O–H groups in total. The van der Waals surface area contributed by atoms with Gasteiger partial charge in [-0.1, -0.05) is 25.2 Å². The number of carbonyl (C=O) groups excluding carboxylic acids is 2. The van der Waals surface area contributed by atoms with Crippen LogP contribution in [0, 0.1) is 5.92 Å². The highest BCUT2D eigenvalue weighted by atomic mass is 32.1. The molecule has 0 spiro atoms. The number of carbonyl (C=O) groups is 2. The predicted octanol–water partition coefficient (Wildman–Crippen LogP) is 1.14. The van der Waals surface area contributed by atoms with Crippen LogP contribution in [0.2, 0.25) is 0 Å². The second-order valence-corrected chi connectivity index (χ2v) is 8.16. The zero-order valence-corrected chi connectivity index (χ0v) is 18.2. The summed E-state index contributed by atoms with van der Waals surface area (Å²) in [7, 11) is 1.61. The maximum Gasteiger partial charge on any atom is 0.294 e. The van der Waals surface area contributed by atoms with E-state index in [4.69, 9.17) is 4.74 Å². The number of ether oxygens (including phenoxy) is 1. The number of rotatable bonds is 10. The molecule has 1 aromatic carbocycles. The van der Waals surface area contributed by atoms with Crippen LogP contribution in [0.3, 0.4) is 0 Å². The molecule has 158 valence electrons. The standard InChI is InChI=1S/C20H29N5O3S/c1-13(2)17(22)19(27)25(16(26)7-5-4-6-12-21)20-24-23-18(29-20)14-8-10-15(28-3)11-9-14/h8-11,13,17H,4-7,12,21-22H2,1-3H3/p+2/t17-/m0/s1. The number of unbranched alkanes of at least 4 members (excludes halogenated alkanes) is 2. The van der Waals surface area contributed by atoms with Crippen LogP contribution < -0.4 is 21.1 Å². The molecule has 9 heteroatoms. The third-order valence-electron chi connectivity index (χ3n) is 4.67. The quantitative estimate of drug-likeness (QED) is 0.556. The van der Waals surface area contributed by atoms with Crippen molar-refractivity contribution in [2.24, 2.45) is 5.92 Å². The van der Waals surface area contributed by atoms with E-state index in [1.165, 1.54) is 16.2 Å². The molecule has 1 atom stereocenters. The Morgan fingerprint density at radius 3 is 2.41 bits per heavy atom. The van der Waals surface area contributed by atoms with E-state index >= 15 is 0 Å². The van der Waals surface area contributed by atoms with Crippen molar-refractivity contribution in [3.05, 3.63) is 24.3 Å². The summed E-state index contributed by atoms with van der Waals surface area (Å²) in [6, 6.07) is 6.87. The van der Waals surface area contributed by atoms with Gasteiger partial charge in [0.15, 0.2) is 6.04 Å². The molecular weight excluding hydrogens is 390 g/mol. The Labute approximate surface area is 175 Å². The number of imide groups is 1. The first-order valence-electron chi connectivity index (χ1n) is 9.86. The monoisotopic (exact) mass is 421 g/mol. The van der Waals surface area contributed by atoms with E-state index in [1.54, 1.807) is 7.11 Å². The van der Waals surface area contributed by atoms with Gasteiger partial charge in [-0.15, -0.1) is 10.2 Å². The summed E-state index contributed by atoms with van der Waals surface area (Å²) in [5.74, 6) is 0.160. The molecule has 0 saturated carbocycles. The molecule has 2 amide bonds. The minimum atomic E-state index is -0.535. The first kappa shape index (κ1) is 22.9. The van der Waals surface area contributed by atoms with Gasteiger partial charge in [-0.3, -0.25) is 9.59 Å². The molecular formula is C20H31N5O3S+2. The molecule has 0 radical (unpaired) electrons. The Hall–Kier alpha value is -2.36. The van der Waals surface area contributed by atoms with E-state index in [9.17, 15) is 9.59 Å². The lowest BCUT2D eigenvalue weighted by atomic mass is 10.0. The van der Waals surface area contributed by atoms with Gasteiger partial charge in [-0.2, -0.15) is 0 Å². The zero-order chi connectivity index (χ0) is 21.4. The van der Waals surface area contributed by atoms with E-state index < -0.39 is 6.04 Å². The topological polar surface area (TPSA) is 128 Å². The third kappa shape index (κ3) is 6.06. The lowest BCUT2D eigenvalue weighted by Gasteiger charge is -2.21. The Kier molecular flexibility index (Phi) is 8.69. The largest absolute Gasteiger partial charge is 0.497 e. The van der Waals surface area contributed by atoms with Crippen molar-refractivity contribution in [1.29, 1.82) is 0 Å². The van der Waals surface area contributed by atoms with Gasteiger partial charge in [0.1, 0.15) is 10.8 Å². The Balaban J connectivity index is 2.26. The number of hydrogen-bond acceptors (Lipinski definition) is 6. The molecule has 8 nitrogen and oxygen atoms in total. The van der Waals surface area contributed by atoms with E-state index in [1.807, 2.05) is 38.1 Å². The van der Waals surface area contributed by atoms with Crippen LogP contribution in [0.5, 0.6) is 5.75 Å². The van der Waals surface area contributed by atoms with Crippen LogP contribution >= 0.6 is 11.3 Å². The Morgan fingerprint density at radius 2 is 1.83 bits per heavy atom. The first-order valence-corrected chi connectivity index (χ1v) is 10.7. The molecule has 0 bridgehead atoms. The number of aromatic nitrogens is 2. The van der Waals surface area contributed by atoms with Crippen molar-refractivity contribution in [3.8, 4) is 16.3 Å². The summed E-state index contributed by atoms with van der Waals surface area (Å²) in [5.41, 5.74) is 8.61. The number of amides is 2. The van der Waals surface area contributed by atoms with E-state index in [-0.39, 0.29) is 29.3 Å². The van der Waals surface area contributed by atoms with Gasteiger partial charge in [0.25, 0.3) is 5.91 Å².